The van der Waals surface area contributed by atoms with Crippen LogP contribution in [0.3, 0.4) is 0 Å². The van der Waals surface area contributed by atoms with Gasteiger partial charge in [-0.15, -0.1) is 11.3 Å². The molecule has 0 amide bonds. The molecule has 14 heavy (non-hydrogen) atoms. The number of hydrogen-bond acceptors (Lipinski definition) is 2. The zero-order valence-corrected chi connectivity index (χ0v) is 9.23. The Bertz CT molecular complexity index is 399. The van der Waals surface area contributed by atoms with Crippen molar-refractivity contribution in [1.29, 1.82) is 0 Å². The van der Waals surface area contributed by atoms with Gasteiger partial charge in [-0.1, -0.05) is 11.8 Å². The Morgan fingerprint density at radius 2 is 2.14 bits per heavy atom. The zero-order valence-electron chi connectivity index (χ0n) is 8.42. The minimum Gasteiger partial charge on any atom is -0.477 e. The average molecular weight is 208 g/mol. The van der Waals surface area contributed by atoms with Crippen LogP contribution in [0.5, 0.6) is 0 Å². The number of carboxylic acids is 1. The summed E-state index contributed by atoms with van der Waals surface area (Å²) in [5, 5.41) is 10.6. The molecule has 0 radical (unpaired) electrons. The van der Waals surface area contributed by atoms with Gasteiger partial charge in [0.1, 0.15) is 4.88 Å². The summed E-state index contributed by atoms with van der Waals surface area (Å²) in [6, 6.07) is 1.74. The minimum absolute atomic E-state index is 0.0995. The van der Waals surface area contributed by atoms with Gasteiger partial charge in [-0.05, 0) is 32.2 Å². The van der Waals surface area contributed by atoms with E-state index < -0.39 is 5.97 Å². The molecule has 3 heteroatoms. The number of aromatic carboxylic acids is 1. The fraction of sp³-hybridized carbons (Fsp3) is 0.364. The van der Waals surface area contributed by atoms with Gasteiger partial charge < -0.3 is 5.11 Å². The summed E-state index contributed by atoms with van der Waals surface area (Å²) in [5.41, 5.74) is 0.509. The van der Waals surface area contributed by atoms with Gasteiger partial charge in [-0.25, -0.2) is 4.79 Å². The second-order valence-electron chi connectivity index (χ2n) is 3.97. The van der Waals surface area contributed by atoms with Crippen LogP contribution in [0.1, 0.15) is 36.0 Å². The van der Waals surface area contributed by atoms with Crippen LogP contribution in [0.2, 0.25) is 0 Å². The summed E-state index contributed by atoms with van der Waals surface area (Å²) >= 11 is 1.21. The van der Waals surface area contributed by atoms with Crippen molar-refractivity contribution in [3.8, 4) is 11.8 Å². The van der Waals surface area contributed by atoms with Crippen LogP contribution in [-0.4, -0.2) is 11.1 Å². The van der Waals surface area contributed by atoms with E-state index in [1.165, 1.54) is 11.3 Å². The van der Waals surface area contributed by atoms with Gasteiger partial charge >= 0.3 is 5.97 Å². The van der Waals surface area contributed by atoms with Crippen LogP contribution >= 0.6 is 11.3 Å². The number of carboxylic acid groups (broad SMARTS) is 1. The first-order valence-electron chi connectivity index (χ1n) is 4.24. The Kier molecular flexibility index (Phi) is 2.97. The first kappa shape index (κ1) is 10.8. The van der Waals surface area contributed by atoms with Gasteiger partial charge in [0.05, 0.1) is 0 Å². The van der Waals surface area contributed by atoms with E-state index >= 15 is 0 Å². The summed E-state index contributed by atoms with van der Waals surface area (Å²) in [5.74, 6) is 5.00. The molecule has 0 bridgehead atoms. The number of hydrogen-bond donors (Lipinski definition) is 1. The fourth-order valence-corrected chi connectivity index (χ4v) is 1.52. The SMILES string of the molecule is CC(C)(C)C#Cc1ccsc1C(=O)O. The molecule has 1 N–H and O–H groups in total. The lowest BCUT2D eigenvalue weighted by Crippen LogP contribution is -2.00. The molecule has 0 aliphatic rings. The molecule has 2 nitrogen and oxygen atoms in total. The highest BCUT2D eigenvalue weighted by molar-refractivity contribution is 7.12. The van der Waals surface area contributed by atoms with Crippen molar-refractivity contribution < 1.29 is 9.90 Å². The molecule has 1 rings (SSSR count). The van der Waals surface area contributed by atoms with Gasteiger partial charge in [0.25, 0.3) is 0 Å². The molecule has 0 unspecified atom stereocenters. The van der Waals surface area contributed by atoms with Crippen LogP contribution in [0, 0.1) is 17.3 Å². The molecule has 1 aromatic heterocycles. The molecule has 1 heterocycles. The van der Waals surface area contributed by atoms with E-state index in [2.05, 4.69) is 11.8 Å². The molecule has 0 atom stereocenters. The van der Waals surface area contributed by atoms with Crippen LogP contribution < -0.4 is 0 Å². The fourth-order valence-electron chi connectivity index (χ4n) is 0.828. The van der Waals surface area contributed by atoms with Crippen molar-refractivity contribution in [1.82, 2.24) is 0 Å². The van der Waals surface area contributed by atoms with Gasteiger partial charge in [0.15, 0.2) is 0 Å². The largest absolute Gasteiger partial charge is 0.477 e. The molecule has 0 spiro atoms. The topological polar surface area (TPSA) is 37.3 Å². The summed E-state index contributed by atoms with van der Waals surface area (Å²) in [6.07, 6.45) is 0. The summed E-state index contributed by atoms with van der Waals surface area (Å²) < 4.78 is 0. The minimum atomic E-state index is -0.904. The van der Waals surface area contributed by atoms with Gasteiger partial charge in [0.2, 0.25) is 0 Å². The molecular weight excluding hydrogens is 196 g/mol. The lowest BCUT2D eigenvalue weighted by Gasteiger charge is -2.06. The first-order chi connectivity index (χ1) is 6.40. The van der Waals surface area contributed by atoms with Crippen molar-refractivity contribution in [2.24, 2.45) is 5.41 Å². The molecule has 0 fully saturated rings. The molecule has 0 aliphatic carbocycles. The van der Waals surface area contributed by atoms with E-state index in [0.717, 1.165) is 0 Å². The van der Waals surface area contributed by atoms with Crippen molar-refractivity contribution in [3.05, 3.63) is 21.9 Å². The second-order valence-corrected chi connectivity index (χ2v) is 4.88. The third-order valence-electron chi connectivity index (χ3n) is 1.43. The monoisotopic (exact) mass is 208 g/mol. The lowest BCUT2D eigenvalue weighted by molar-refractivity contribution is 0.0702. The van der Waals surface area contributed by atoms with E-state index in [1.807, 2.05) is 20.8 Å². The number of thiophene rings is 1. The van der Waals surface area contributed by atoms with Crippen LogP contribution in [-0.2, 0) is 0 Å². The standard InChI is InChI=1S/C11H12O2S/c1-11(2,3)6-4-8-5-7-14-9(8)10(12)13/h5,7H,1-3H3,(H,12,13). The van der Waals surface area contributed by atoms with Gasteiger partial charge in [-0.2, -0.15) is 0 Å². The van der Waals surface area contributed by atoms with E-state index in [4.69, 9.17) is 5.11 Å². The molecule has 1 aromatic rings. The average Bonchev–Trinajstić information content (AvgIpc) is 2.46. The molecule has 74 valence electrons. The van der Waals surface area contributed by atoms with E-state index in [0.29, 0.717) is 10.4 Å². The Hall–Kier alpha value is -1.27. The highest BCUT2D eigenvalue weighted by Gasteiger charge is 2.10. The zero-order chi connectivity index (χ0) is 10.8. The summed E-state index contributed by atoms with van der Waals surface area (Å²) in [7, 11) is 0. The van der Waals surface area contributed by atoms with E-state index in [1.54, 1.807) is 11.4 Å². The summed E-state index contributed by atoms with van der Waals surface area (Å²) in [4.78, 5) is 11.1. The highest BCUT2D eigenvalue weighted by atomic mass is 32.1. The molecule has 0 aromatic carbocycles. The predicted molar refractivity (Wildman–Crippen MR) is 57.6 cm³/mol. The Balaban J connectivity index is 3.02. The van der Waals surface area contributed by atoms with E-state index in [-0.39, 0.29) is 5.41 Å². The van der Waals surface area contributed by atoms with E-state index in [9.17, 15) is 4.79 Å². The Morgan fingerprint density at radius 1 is 1.50 bits per heavy atom. The smallest absolute Gasteiger partial charge is 0.347 e. The highest BCUT2D eigenvalue weighted by Crippen LogP contribution is 2.17. The van der Waals surface area contributed by atoms with Crippen molar-refractivity contribution in [3.63, 3.8) is 0 Å². The molecule has 0 saturated carbocycles. The first-order valence-corrected chi connectivity index (χ1v) is 5.12. The normalized spacial score (nSPS) is 10.5. The quantitative estimate of drug-likeness (QED) is 0.720. The molecular formula is C11H12O2S. The number of carbonyl (C=O) groups is 1. The van der Waals surface area contributed by atoms with Crippen LogP contribution in [0.15, 0.2) is 11.4 Å². The van der Waals surface area contributed by atoms with Gasteiger partial charge in [0, 0.05) is 11.0 Å². The van der Waals surface area contributed by atoms with Crippen LogP contribution in [0.4, 0.5) is 0 Å². The molecule has 0 saturated heterocycles. The Labute approximate surface area is 87.6 Å². The van der Waals surface area contributed by atoms with Gasteiger partial charge in [-0.3, -0.25) is 0 Å². The van der Waals surface area contributed by atoms with Crippen molar-refractivity contribution in [2.75, 3.05) is 0 Å². The maximum absolute atomic E-state index is 10.8. The lowest BCUT2D eigenvalue weighted by atomic mass is 9.97. The van der Waals surface area contributed by atoms with Crippen molar-refractivity contribution >= 4 is 17.3 Å². The Morgan fingerprint density at radius 3 is 2.64 bits per heavy atom. The number of rotatable bonds is 1. The third-order valence-corrected chi connectivity index (χ3v) is 2.33. The summed E-state index contributed by atoms with van der Waals surface area (Å²) in [6.45, 7) is 5.98. The van der Waals surface area contributed by atoms with Crippen LogP contribution in [0.25, 0.3) is 0 Å². The maximum atomic E-state index is 10.8. The molecule has 0 aliphatic heterocycles. The predicted octanol–water partition coefficient (Wildman–Crippen LogP) is 2.84. The third kappa shape index (κ3) is 2.90. The van der Waals surface area contributed by atoms with Crippen molar-refractivity contribution in [2.45, 2.75) is 20.8 Å². The second kappa shape index (κ2) is 3.85. The maximum Gasteiger partial charge on any atom is 0.347 e.